The first kappa shape index (κ1) is 9.57. The molecule has 6 nitrogen and oxygen atoms in total. The molecule has 1 heterocycles. The molecule has 0 amide bonds. The van der Waals surface area contributed by atoms with Gasteiger partial charge in [0.2, 0.25) is 0 Å². The molecule has 0 saturated carbocycles. The van der Waals surface area contributed by atoms with Crippen LogP contribution in [0.25, 0.3) is 0 Å². The molecule has 0 unspecified atom stereocenters. The normalized spacial score (nSPS) is 9.31. The zero-order valence-electron chi connectivity index (χ0n) is 6.79. The van der Waals surface area contributed by atoms with E-state index in [0.717, 1.165) is 0 Å². The van der Waals surface area contributed by atoms with Crippen molar-refractivity contribution in [2.24, 2.45) is 0 Å². The predicted octanol–water partition coefficient (Wildman–Crippen LogP) is -0.855. The lowest BCUT2D eigenvalue weighted by Gasteiger charge is -1.98. The summed E-state index contributed by atoms with van der Waals surface area (Å²) in [7, 11) is -1.84. The summed E-state index contributed by atoms with van der Waals surface area (Å²) in [5, 5.41) is 29.0. The average Bonchev–Trinajstić information content (AvgIpc) is 2.48. The molecule has 0 spiro atoms. The molecule has 1 rings (SSSR count). The number of nitriles is 1. The van der Waals surface area contributed by atoms with E-state index < -0.39 is 7.32 Å². The van der Waals surface area contributed by atoms with Crippen molar-refractivity contribution in [3.05, 3.63) is 12.4 Å². The van der Waals surface area contributed by atoms with E-state index in [9.17, 15) is 0 Å². The van der Waals surface area contributed by atoms with E-state index in [1.54, 1.807) is 0 Å². The Morgan fingerprint density at radius 2 is 2.46 bits per heavy atom. The molecule has 0 atom stereocenters. The second-order valence-corrected chi connectivity index (χ2v) is 2.29. The molecule has 0 aliphatic rings. The van der Waals surface area contributed by atoms with Gasteiger partial charge in [-0.1, -0.05) is 0 Å². The number of rotatable bonds is 4. The van der Waals surface area contributed by atoms with Gasteiger partial charge in [0.1, 0.15) is 5.75 Å². The van der Waals surface area contributed by atoms with Gasteiger partial charge in [0.15, 0.2) is 0 Å². The summed E-state index contributed by atoms with van der Waals surface area (Å²) in [5.74, 6) is 0.257. The van der Waals surface area contributed by atoms with Gasteiger partial charge in [0, 0.05) is 0 Å². The molecular formula is C6H8BN3O3. The zero-order valence-corrected chi connectivity index (χ0v) is 6.79. The Bertz CT molecular complexity index is 306. The van der Waals surface area contributed by atoms with Gasteiger partial charge in [-0.05, 0) is 0 Å². The minimum absolute atomic E-state index is 0.257. The van der Waals surface area contributed by atoms with E-state index in [1.807, 2.05) is 6.07 Å². The lowest BCUT2D eigenvalue weighted by atomic mass is 10.3. The number of hydrogen-bond donors (Lipinski definition) is 2. The summed E-state index contributed by atoms with van der Waals surface area (Å²) in [6.07, 6.45) is 3.18. The molecule has 0 aromatic carbocycles. The van der Waals surface area contributed by atoms with E-state index >= 15 is 0 Å². The summed E-state index contributed by atoms with van der Waals surface area (Å²) < 4.78 is 6.01. The van der Waals surface area contributed by atoms with Crippen molar-refractivity contribution < 1.29 is 14.7 Å². The molecule has 0 radical (unpaired) electrons. The van der Waals surface area contributed by atoms with Gasteiger partial charge in [0.05, 0.1) is 31.4 Å². The number of aryl methyl sites for hydroxylation is 1. The Hall–Kier alpha value is -1.52. The van der Waals surface area contributed by atoms with Crippen LogP contribution >= 0.6 is 0 Å². The Morgan fingerprint density at radius 1 is 1.69 bits per heavy atom. The molecule has 68 valence electrons. The third kappa shape index (κ3) is 3.15. The molecule has 7 heteroatoms. The van der Waals surface area contributed by atoms with E-state index in [1.165, 1.54) is 17.1 Å². The molecule has 0 fully saturated rings. The molecule has 0 aliphatic carbocycles. The van der Waals surface area contributed by atoms with Crippen LogP contribution in [-0.4, -0.2) is 27.1 Å². The lowest BCUT2D eigenvalue weighted by Crippen LogP contribution is -2.20. The summed E-state index contributed by atoms with van der Waals surface area (Å²) in [4.78, 5) is 0. The molecule has 2 N–H and O–H groups in total. The molecule has 1 aromatic heterocycles. The van der Waals surface area contributed by atoms with Crippen LogP contribution in [0, 0.1) is 11.3 Å². The molecule has 0 bridgehead atoms. The van der Waals surface area contributed by atoms with Crippen molar-refractivity contribution in [1.82, 2.24) is 9.78 Å². The fraction of sp³-hybridized carbons (Fsp3) is 0.333. The fourth-order valence-corrected chi connectivity index (χ4v) is 0.814. The minimum atomic E-state index is -1.84. The summed E-state index contributed by atoms with van der Waals surface area (Å²) in [5.41, 5.74) is 0. The standard InChI is InChI=1S/C6H8BN3O3/c8-2-1-3-10-5-6(4-9-10)13-7(11)12/h4-5,11-12H,1,3H2. The highest BCUT2D eigenvalue weighted by atomic mass is 16.6. The van der Waals surface area contributed by atoms with Crippen LogP contribution in [0.4, 0.5) is 0 Å². The first-order valence-corrected chi connectivity index (χ1v) is 3.64. The smallest absolute Gasteiger partial charge is 0.509 e. The number of hydrogen-bond acceptors (Lipinski definition) is 5. The van der Waals surface area contributed by atoms with Crippen molar-refractivity contribution in [1.29, 1.82) is 5.26 Å². The van der Waals surface area contributed by atoms with Crippen LogP contribution in [0.15, 0.2) is 12.4 Å². The maximum atomic E-state index is 8.44. The minimum Gasteiger partial charge on any atom is -0.509 e. The van der Waals surface area contributed by atoms with Crippen LogP contribution in [0.5, 0.6) is 5.75 Å². The lowest BCUT2D eigenvalue weighted by molar-refractivity contribution is 0.288. The first-order chi connectivity index (χ1) is 6.22. The highest BCUT2D eigenvalue weighted by Crippen LogP contribution is 2.08. The van der Waals surface area contributed by atoms with Crippen molar-refractivity contribution in [3.63, 3.8) is 0 Å². The van der Waals surface area contributed by atoms with E-state index in [0.29, 0.717) is 13.0 Å². The summed E-state index contributed by atoms with van der Waals surface area (Å²) in [6, 6.07) is 1.97. The quantitative estimate of drug-likeness (QED) is 0.590. The SMILES string of the molecule is N#CCCn1cc(OB(O)O)cn1. The zero-order chi connectivity index (χ0) is 9.68. The van der Waals surface area contributed by atoms with Crippen molar-refractivity contribution in [2.75, 3.05) is 0 Å². The monoisotopic (exact) mass is 181 g/mol. The molecular weight excluding hydrogens is 173 g/mol. The Kier molecular flexibility index (Phi) is 3.31. The third-order valence-electron chi connectivity index (χ3n) is 1.30. The Labute approximate surface area is 75.2 Å². The topological polar surface area (TPSA) is 91.3 Å². The average molecular weight is 181 g/mol. The molecule has 0 aliphatic heterocycles. The van der Waals surface area contributed by atoms with Gasteiger partial charge in [-0.25, -0.2) is 0 Å². The molecule has 0 saturated heterocycles. The summed E-state index contributed by atoms with van der Waals surface area (Å²) >= 11 is 0. The van der Waals surface area contributed by atoms with Gasteiger partial charge >= 0.3 is 7.32 Å². The summed E-state index contributed by atoms with van der Waals surface area (Å²) in [6.45, 7) is 0.460. The van der Waals surface area contributed by atoms with Gasteiger partial charge < -0.3 is 14.7 Å². The maximum Gasteiger partial charge on any atom is 0.707 e. The highest BCUT2D eigenvalue weighted by Gasteiger charge is 2.12. The molecule has 13 heavy (non-hydrogen) atoms. The first-order valence-electron chi connectivity index (χ1n) is 3.64. The van der Waals surface area contributed by atoms with Crippen LogP contribution in [-0.2, 0) is 6.54 Å². The van der Waals surface area contributed by atoms with Crippen molar-refractivity contribution in [2.45, 2.75) is 13.0 Å². The van der Waals surface area contributed by atoms with Gasteiger partial charge in [0.25, 0.3) is 0 Å². The van der Waals surface area contributed by atoms with Crippen LogP contribution in [0.2, 0.25) is 0 Å². The van der Waals surface area contributed by atoms with Gasteiger partial charge in [-0.15, -0.1) is 0 Å². The van der Waals surface area contributed by atoms with Crippen LogP contribution < -0.4 is 4.65 Å². The Morgan fingerprint density at radius 3 is 3.08 bits per heavy atom. The second kappa shape index (κ2) is 4.50. The number of aromatic nitrogens is 2. The van der Waals surface area contributed by atoms with Crippen molar-refractivity contribution >= 4 is 7.32 Å². The maximum absolute atomic E-state index is 8.44. The van der Waals surface area contributed by atoms with E-state index in [4.69, 9.17) is 15.3 Å². The van der Waals surface area contributed by atoms with Crippen LogP contribution in [0.1, 0.15) is 6.42 Å². The number of nitrogens with zero attached hydrogens (tertiary/aromatic N) is 3. The predicted molar refractivity (Wildman–Crippen MR) is 43.3 cm³/mol. The van der Waals surface area contributed by atoms with E-state index in [-0.39, 0.29) is 5.75 Å². The molecule has 1 aromatic rings. The highest BCUT2D eigenvalue weighted by molar-refractivity contribution is 6.33. The van der Waals surface area contributed by atoms with Crippen LogP contribution in [0.3, 0.4) is 0 Å². The second-order valence-electron chi connectivity index (χ2n) is 2.29. The fourth-order valence-electron chi connectivity index (χ4n) is 0.814. The van der Waals surface area contributed by atoms with E-state index in [2.05, 4.69) is 9.75 Å². The van der Waals surface area contributed by atoms with Gasteiger partial charge in [-0.2, -0.15) is 10.4 Å². The largest absolute Gasteiger partial charge is 0.707 e. The van der Waals surface area contributed by atoms with Gasteiger partial charge in [-0.3, -0.25) is 4.68 Å². The van der Waals surface area contributed by atoms with Crippen molar-refractivity contribution in [3.8, 4) is 11.8 Å². The Balaban J connectivity index is 2.49. The third-order valence-corrected chi connectivity index (χ3v) is 1.30.